The van der Waals surface area contributed by atoms with Gasteiger partial charge in [0.1, 0.15) is 6.29 Å². The quantitative estimate of drug-likeness (QED) is 0.750. The van der Waals surface area contributed by atoms with Crippen molar-refractivity contribution in [3.8, 4) is 0 Å². The summed E-state index contributed by atoms with van der Waals surface area (Å²) < 4.78 is 8.40. The summed E-state index contributed by atoms with van der Waals surface area (Å²) in [6.45, 7) is 2.85. The Labute approximate surface area is 148 Å². The maximum Gasteiger partial charge on any atom is 0.125 e. The highest BCUT2D eigenvalue weighted by molar-refractivity contribution is 5.86. The smallest absolute Gasteiger partial charge is 0.125 e. The minimum absolute atomic E-state index is 0.0358. The van der Waals surface area contributed by atoms with E-state index >= 15 is 0 Å². The molecule has 0 unspecified atom stereocenters. The van der Waals surface area contributed by atoms with Crippen LogP contribution in [-0.4, -0.2) is 41.6 Å². The molecule has 5 rings (SSSR count). The molecule has 1 aromatic carbocycles. The maximum absolute atomic E-state index is 11.8. The summed E-state index contributed by atoms with van der Waals surface area (Å²) in [5, 5.41) is 1.40. The Morgan fingerprint density at radius 2 is 2.00 bits per heavy atom. The van der Waals surface area contributed by atoms with Crippen LogP contribution in [0.15, 0.2) is 24.3 Å². The second kappa shape index (κ2) is 5.42. The molecule has 4 heteroatoms. The summed E-state index contributed by atoms with van der Waals surface area (Å²) >= 11 is 0. The second-order valence-electron chi connectivity index (χ2n) is 8.21. The number of benzene rings is 1. The minimum atomic E-state index is 0.0358. The number of aryl methyl sites for hydroxylation is 1. The molecule has 0 spiro atoms. The van der Waals surface area contributed by atoms with Crippen molar-refractivity contribution in [2.45, 2.75) is 38.0 Å². The number of carbonyl (C=O) groups excluding carboxylic acids is 1. The number of nitrogens with zero attached hydrogens (tertiary/aromatic N) is 2. The number of para-hydroxylation sites is 1. The Balaban J connectivity index is 1.66. The fourth-order valence-electron chi connectivity index (χ4n) is 5.97. The fraction of sp³-hybridized carbons (Fsp3) is 0.571. The van der Waals surface area contributed by atoms with E-state index in [4.69, 9.17) is 4.74 Å². The predicted octanol–water partition coefficient (Wildman–Crippen LogP) is 2.95. The fourth-order valence-corrected chi connectivity index (χ4v) is 5.97. The highest BCUT2D eigenvalue weighted by atomic mass is 16.5. The molecule has 132 valence electrons. The molecular formula is C21H26N2O2. The van der Waals surface area contributed by atoms with Gasteiger partial charge in [0.15, 0.2) is 0 Å². The molecule has 1 aromatic heterocycles. The van der Waals surface area contributed by atoms with E-state index in [9.17, 15) is 4.79 Å². The Morgan fingerprint density at radius 1 is 1.20 bits per heavy atom. The lowest BCUT2D eigenvalue weighted by molar-refractivity contribution is -0.150. The van der Waals surface area contributed by atoms with Crippen LogP contribution in [0.4, 0.5) is 0 Å². The molecular weight excluding hydrogens is 312 g/mol. The molecule has 25 heavy (non-hydrogen) atoms. The zero-order valence-corrected chi connectivity index (χ0v) is 15.2. The summed E-state index contributed by atoms with van der Waals surface area (Å²) in [7, 11) is 4.46. The first kappa shape index (κ1) is 15.6. The number of piperidine rings is 1. The van der Waals surface area contributed by atoms with E-state index < -0.39 is 0 Å². The molecule has 3 aliphatic rings. The van der Waals surface area contributed by atoms with Crippen molar-refractivity contribution in [2.75, 3.05) is 13.7 Å². The first-order chi connectivity index (χ1) is 12.1. The second-order valence-corrected chi connectivity index (χ2v) is 8.21. The molecule has 6 atom stereocenters. The van der Waals surface area contributed by atoms with Crippen molar-refractivity contribution < 1.29 is 9.53 Å². The Morgan fingerprint density at radius 3 is 2.80 bits per heavy atom. The third-order valence-corrected chi connectivity index (χ3v) is 7.29. The van der Waals surface area contributed by atoms with Crippen LogP contribution in [-0.2, 0) is 23.0 Å². The Hall–Kier alpha value is -1.65. The average Bonchev–Trinajstić information content (AvgIpc) is 2.88. The minimum Gasteiger partial charge on any atom is -0.377 e. The first-order valence-electron chi connectivity index (χ1n) is 9.46. The Kier molecular flexibility index (Phi) is 3.38. The normalized spacial score (nSPS) is 37.6. The molecule has 3 aliphatic heterocycles. The number of aromatic nitrogens is 1. The molecule has 4 nitrogen and oxygen atoms in total. The van der Waals surface area contributed by atoms with Gasteiger partial charge >= 0.3 is 0 Å². The van der Waals surface area contributed by atoms with Crippen LogP contribution < -0.4 is 0 Å². The van der Waals surface area contributed by atoms with Crippen molar-refractivity contribution in [1.82, 2.24) is 9.47 Å². The maximum atomic E-state index is 11.8. The van der Waals surface area contributed by atoms with E-state index in [1.54, 1.807) is 0 Å². The van der Waals surface area contributed by atoms with Crippen LogP contribution >= 0.6 is 0 Å². The number of hydrogen-bond acceptors (Lipinski definition) is 3. The zero-order chi connectivity index (χ0) is 17.3. The van der Waals surface area contributed by atoms with Gasteiger partial charge in [0.05, 0.1) is 18.8 Å². The molecule has 4 heterocycles. The number of fused-ring (bicyclic) bond motifs is 8. The van der Waals surface area contributed by atoms with E-state index in [1.165, 1.54) is 22.2 Å². The lowest BCUT2D eigenvalue weighted by Crippen LogP contribution is -2.59. The lowest BCUT2D eigenvalue weighted by Gasteiger charge is -2.55. The van der Waals surface area contributed by atoms with Gasteiger partial charge in [-0.05, 0) is 44.4 Å². The van der Waals surface area contributed by atoms with Crippen LogP contribution in [0.5, 0.6) is 0 Å². The van der Waals surface area contributed by atoms with E-state index in [0.29, 0.717) is 23.9 Å². The van der Waals surface area contributed by atoms with Crippen LogP contribution in [0.3, 0.4) is 0 Å². The molecule has 0 aliphatic carbocycles. The van der Waals surface area contributed by atoms with Crippen molar-refractivity contribution >= 4 is 17.2 Å². The van der Waals surface area contributed by atoms with Gasteiger partial charge < -0.3 is 14.1 Å². The van der Waals surface area contributed by atoms with Crippen LogP contribution in [0.1, 0.15) is 30.6 Å². The van der Waals surface area contributed by atoms with Crippen LogP contribution in [0, 0.1) is 17.8 Å². The number of hydrogen-bond donors (Lipinski definition) is 0. The number of aldehydes is 1. The molecule has 2 bridgehead atoms. The van der Waals surface area contributed by atoms with Gasteiger partial charge in [0.25, 0.3) is 0 Å². The van der Waals surface area contributed by atoms with Gasteiger partial charge in [-0.2, -0.15) is 0 Å². The van der Waals surface area contributed by atoms with Gasteiger partial charge in [0, 0.05) is 41.5 Å². The van der Waals surface area contributed by atoms with Crippen molar-refractivity contribution in [3.63, 3.8) is 0 Å². The molecule has 0 radical (unpaired) electrons. The van der Waals surface area contributed by atoms with Crippen LogP contribution in [0.2, 0.25) is 0 Å². The monoisotopic (exact) mass is 338 g/mol. The van der Waals surface area contributed by atoms with Crippen molar-refractivity contribution in [1.29, 1.82) is 0 Å². The van der Waals surface area contributed by atoms with E-state index in [1.807, 2.05) is 0 Å². The Bertz CT molecular complexity index is 842. The molecule has 2 fully saturated rings. The van der Waals surface area contributed by atoms with E-state index in [-0.39, 0.29) is 12.0 Å². The zero-order valence-electron chi connectivity index (χ0n) is 15.2. The van der Waals surface area contributed by atoms with Gasteiger partial charge in [0.2, 0.25) is 0 Å². The highest BCUT2D eigenvalue weighted by Gasteiger charge is 2.52. The average molecular weight is 338 g/mol. The number of likely N-dealkylation sites (N-methyl/N-ethyl adjacent to an activating group) is 1. The summed E-state index contributed by atoms with van der Waals surface area (Å²) in [6.07, 6.45) is 3.33. The van der Waals surface area contributed by atoms with Crippen molar-refractivity contribution in [3.05, 3.63) is 35.5 Å². The predicted molar refractivity (Wildman–Crippen MR) is 97.5 cm³/mol. The number of rotatable bonds is 1. The summed E-state index contributed by atoms with van der Waals surface area (Å²) in [5.41, 5.74) is 4.31. The molecule has 0 saturated carbocycles. The molecule has 2 saturated heterocycles. The third-order valence-electron chi connectivity index (χ3n) is 7.29. The number of ether oxygens (including phenoxy) is 1. The van der Waals surface area contributed by atoms with E-state index in [0.717, 1.165) is 25.7 Å². The molecule has 0 amide bonds. The lowest BCUT2D eigenvalue weighted by atomic mass is 9.64. The standard InChI is InChI=1S/C21H26N2O2/c1-12-16(10-24)14-8-20-21-15(9-19(22(20)2)17(14)11-25-12)13-6-4-5-7-18(13)23(21)3/h4-7,10,12,14,16-17,19-20H,8-9,11H2,1-3H3/t12-,14-,16+,17+,19-,20-/m0/s1. The van der Waals surface area contributed by atoms with Crippen LogP contribution in [0.25, 0.3) is 10.9 Å². The summed E-state index contributed by atoms with van der Waals surface area (Å²) in [6, 6.07) is 9.64. The van der Waals surface area contributed by atoms with Gasteiger partial charge in [-0.25, -0.2) is 0 Å². The van der Waals surface area contributed by atoms with Gasteiger partial charge in [-0.15, -0.1) is 0 Å². The topological polar surface area (TPSA) is 34.5 Å². The summed E-state index contributed by atoms with van der Waals surface area (Å²) in [4.78, 5) is 14.3. The van der Waals surface area contributed by atoms with E-state index in [2.05, 4.69) is 54.8 Å². The molecule has 0 N–H and O–H groups in total. The number of carbonyl (C=O) groups is 1. The summed E-state index contributed by atoms with van der Waals surface area (Å²) in [5.74, 6) is 0.937. The van der Waals surface area contributed by atoms with Gasteiger partial charge in [-0.3, -0.25) is 4.90 Å². The molecule has 2 aromatic rings. The van der Waals surface area contributed by atoms with Crippen molar-refractivity contribution in [2.24, 2.45) is 24.8 Å². The third kappa shape index (κ3) is 1.98. The first-order valence-corrected chi connectivity index (χ1v) is 9.46. The highest BCUT2D eigenvalue weighted by Crippen LogP contribution is 2.51. The van der Waals surface area contributed by atoms with Gasteiger partial charge in [-0.1, -0.05) is 18.2 Å². The largest absolute Gasteiger partial charge is 0.377 e. The SMILES string of the molecule is C[C@@H]1OC[C@@H]2[C@@H](C[C@H]3c4c(c5ccccc5n4C)C[C@@H]2N3C)[C@@H]1C=O.